The quantitative estimate of drug-likeness (QED) is 0.927. The van der Waals surface area contributed by atoms with Crippen LogP contribution < -0.4 is 5.32 Å². The van der Waals surface area contributed by atoms with E-state index < -0.39 is 0 Å². The number of benzene rings is 1. The van der Waals surface area contributed by atoms with Crippen molar-refractivity contribution in [2.75, 3.05) is 13.1 Å². The fourth-order valence-corrected chi connectivity index (χ4v) is 2.98. The molecule has 1 aromatic heterocycles. The van der Waals surface area contributed by atoms with Gasteiger partial charge >= 0.3 is 0 Å². The van der Waals surface area contributed by atoms with Crippen molar-refractivity contribution in [2.24, 2.45) is 0 Å². The van der Waals surface area contributed by atoms with Gasteiger partial charge in [0.15, 0.2) is 0 Å². The predicted octanol–water partition coefficient (Wildman–Crippen LogP) is 2.52. The standard InChI is InChI=1S/C16H20FN3/c1-16(6-7-18-11-16)15-10-19-12-20(15)8-5-13-3-2-4-14(17)9-13/h2-4,9-10,12,18H,5-8,11H2,1H3. The molecule has 1 aromatic carbocycles. The summed E-state index contributed by atoms with van der Waals surface area (Å²) in [7, 11) is 0. The number of hydrogen-bond acceptors (Lipinski definition) is 2. The van der Waals surface area contributed by atoms with Crippen molar-refractivity contribution in [1.29, 1.82) is 0 Å². The van der Waals surface area contributed by atoms with Crippen molar-refractivity contribution in [3.05, 3.63) is 53.9 Å². The van der Waals surface area contributed by atoms with Gasteiger partial charge in [-0.3, -0.25) is 0 Å². The zero-order valence-electron chi connectivity index (χ0n) is 11.8. The van der Waals surface area contributed by atoms with Gasteiger partial charge in [-0.1, -0.05) is 19.1 Å². The van der Waals surface area contributed by atoms with E-state index in [1.807, 2.05) is 18.6 Å². The maximum Gasteiger partial charge on any atom is 0.123 e. The minimum Gasteiger partial charge on any atom is -0.334 e. The van der Waals surface area contributed by atoms with Crippen LogP contribution in [0.25, 0.3) is 0 Å². The highest BCUT2D eigenvalue weighted by Gasteiger charge is 2.33. The lowest BCUT2D eigenvalue weighted by Gasteiger charge is -2.24. The van der Waals surface area contributed by atoms with E-state index in [2.05, 4.69) is 21.8 Å². The van der Waals surface area contributed by atoms with Crippen molar-refractivity contribution >= 4 is 0 Å². The van der Waals surface area contributed by atoms with Crippen LogP contribution in [0.1, 0.15) is 24.6 Å². The third-order valence-electron chi connectivity index (χ3n) is 4.23. The summed E-state index contributed by atoms with van der Waals surface area (Å²) in [6, 6.07) is 6.83. The summed E-state index contributed by atoms with van der Waals surface area (Å²) in [4.78, 5) is 4.30. The summed E-state index contributed by atoms with van der Waals surface area (Å²) in [5.41, 5.74) is 2.47. The Balaban J connectivity index is 1.74. The molecular formula is C16H20FN3. The van der Waals surface area contributed by atoms with Crippen LogP contribution in [-0.2, 0) is 18.4 Å². The van der Waals surface area contributed by atoms with E-state index in [0.717, 1.165) is 38.0 Å². The lowest BCUT2D eigenvalue weighted by atomic mass is 9.86. The number of rotatable bonds is 4. The van der Waals surface area contributed by atoms with Crippen LogP contribution >= 0.6 is 0 Å². The SMILES string of the molecule is CC1(c2cncn2CCc2cccc(F)c2)CCNC1. The molecule has 106 valence electrons. The first-order chi connectivity index (χ1) is 9.67. The maximum absolute atomic E-state index is 13.2. The molecule has 4 heteroatoms. The molecule has 0 bridgehead atoms. The molecule has 2 heterocycles. The molecule has 0 radical (unpaired) electrons. The number of halogens is 1. The third kappa shape index (κ3) is 2.61. The first-order valence-corrected chi connectivity index (χ1v) is 7.13. The second-order valence-corrected chi connectivity index (χ2v) is 5.84. The van der Waals surface area contributed by atoms with Crippen molar-refractivity contribution < 1.29 is 4.39 Å². The van der Waals surface area contributed by atoms with Gasteiger partial charge in [-0.15, -0.1) is 0 Å². The van der Waals surface area contributed by atoms with Gasteiger partial charge in [0.05, 0.1) is 6.33 Å². The van der Waals surface area contributed by atoms with E-state index in [4.69, 9.17) is 0 Å². The van der Waals surface area contributed by atoms with Crippen molar-refractivity contribution in [3.63, 3.8) is 0 Å². The predicted molar refractivity (Wildman–Crippen MR) is 77.2 cm³/mol. The Kier molecular flexibility index (Phi) is 3.57. The summed E-state index contributed by atoms with van der Waals surface area (Å²) in [6.07, 6.45) is 5.82. The fourth-order valence-electron chi connectivity index (χ4n) is 2.98. The van der Waals surface area contributed by atoms with Gasteiger partial charge in [-0.2, -0.15) is 0 Å². The van der Waals surface area contributed by atoms with Gasteiger partial charge in [0.2, 0.25) is 0 Å². The smallest absolute Gasteiger partial charge is 0.123 e. The number of hydrogen-bond donors (Lipinski definition) is 1. The molecule has 0 saturated carbocycles. The summed E-state index contributed by atoms with van der Waals surface area (Å²) >= 11 is 0. The van der Waals surface area contributed by atoms with Crippen molar-refractivity contribution in [2.45, 2.75) is 31.7 Å². The van der Waals surface area contributed by atoms with E-state index in [9.17, 15) is 4.39 Å². The van der Waals surface area contributed by atoms with E-state index in [-0.39, 0.29) is 11.2 Å². The summed E-state index contributed by atoms with van der Waals surface area (Å²) in [6.45, 7) is 5.18. The van der Waals surface area contributed by atoms with Gasteiger partial charge in [-0.05, 0) is 37.1 Å². The first-order valence-electron chi connectivity index (χ1n) is 7.13. The van der Waals surface area contributed by atoms with E-state index in [1.165, 1.54) is 11.8 Å². The molecule has 1 fully saturated rings. The Morgan fingerprint density at radius 2 is 2.35 bits per heavy atom. The van der Waals surface area contributed by atoms with Crippen LogP contribution in [0.2, 0.25) is 0 Å². The van der Waals surface area contributed by atoms with Crippen LogP contribution in [0.15, 0.2) is 36.8 Å². The molecule has 2 aromatic rings. The Morgan fingerprint density at radius 3 is 3.10 bits per heavy atom. The van der Waals surface area contributed by atoms with E-state index in [1.54, 1.807) is 12.1 Å². The zero-order chi connectivity index (χ0) is 14.0. The molecule has 3 rings (SSSR count). The maximum atomic E-state index is 13.2. The van der Waals surface area contributed by atoms with Crippen molar-refractivity contribution in [3.8, 4) is 0 Å². The van der Waals surface area contributed by atoms with E-state index >= 15 is 0 Å². The molecule has 1 atom stereocenters. The number of imidazole rings is 1. The average molecular weight is 273 g/mol. The highest BCUT2D eigenvalue weighted by Crippen LogP contribution is 2.29. The summed E-state index contributed by atoms with van der Waals surface area (Å²) < 4.78 is 15.4. The largest absolute Gasteiger partial charge is 0.334 e. The number of aryl methyl sites for hydroxylation is 2. The minimum atomic E-state index is -0.166. The van der Waals surface area contributed by atoms with E-state index in [0.29, 0.717) is 0 Å². The fraction of sp³-hybridized carbons (Fsp3) is 0.438. The van der Waals surface area contributed by atoms with Crippen molar-refractivity contribution in [1.82, 2.24) is 14.9 Å². The van der Waals surface area contributed by atoms with Gasteiger partial charge in [0, 0.05) is 30.4 Å². The number of nitrogens with zero attached hydrogens (tertiary/aromatic N) is 2. The molecule has 0 aliphatic carbocycles. The van der Waals surface area contributed by atoms with Crippen LogP contribution in [0, 0.1) is 5.82 Å². The normalized spacial score (nSPS) is 22.3. The molecule has 1 saturated heterocycles. The number of nitrogens with one attached hydrogen (secondary N) is 1. The first kappa shape index (κ1) is 13.3. The second kappa shape index (κ2) is 5.37. The highest BCUT2D eigenvalue weighted by molar-refractivity contribution is 5.19. The van der Waals surface area contributed by atoms with Gasteiger partial charge in [0.1, 0.15) is 5.82 Å². The lowest BCUT2D eigenvalue weighted by Crippen LogP contribution is -2.28. The lowest BCUT2D eigenvalue weighted by molar-refractivity contribution is 0.472. The molecule has 1 aliphatic rings. The van der Waals surface area contributed by atoms with Crippen LogP contribution in [0.4, 0.5) is 4.39 Å². The monoisotopic (exact) mass is 273 g/mol. The van der Waals surface area contributed by atoms with Crippen LogP contribution in [-0.4, -0.2) is 22.6 Å². The molecule has 1 unspecified atom stereocenters. The van der Waals surface area contributed by atoms with Crippen LogP contribution in [0.5, 0.6) is 0 Å². The second-order valence-electron chi connectivity index (χ2n) is 5.84. The van der Waals surface area contributed by atoms with Crippen LogP contribution in [0.3, 0.4) is 0 Å². The third-order valence-corrected chi connectivity index (χ3v) is 4.23. The topological polar surface area (TPSA) is 29.9 Å². The Morgan fingerprint density at radius 1 is 1.45 bits per heavy atom. The molecule has 20 heavy (non-hydrogen) atoms. The molecule has 3 nitrogen and oxygen atoms in total. The Hall–Kier alpha value is -1.68. The molecule has 1 N–H and O–H groups in total. The average Bonchev–Trinajstić information content (AvgIpc) is 3.06. The van der Waals surface area contributed by atoms with Gasteiger partial charge < -0.3 is 9.88 Å². The van der Waals surface area contributed by atoms with Gasteiger partial charge in [-0.25, -0.2) is 9.37 Å². The highest BCUT2D eigenvalue weighted by atomic mass is 19.1. The molecular weight excluding hydrogens is 253 g/mol. The summed E-state index contributed by atoms with van der Waals surface area (Å²) in [5, 5.41) is 3.42. The summed E-state index contributed by atoms with van der Waals surface area (Å²) in [5.74, 6) is -0.166. The number of aromatic nitrogens is 2. The Bertz CT molecular complexity index is 585. The molecule has 1 aliphatic heterocycles. The minimum absolute atomic E-state index is 0.165. The van der Waals surface area contributed by atoms with Gasteiger partial charge in [0.25, 0.3) is 0 Å². The Labute approximate surface area is 118 Å². The zero-order valence-corrected chi connectivity index (χ0v) is 11.8. The molecule has 0 amide bonds. The molecule has 0 spiro atoms.